The number of hydrogen-bond donors (Lipinski definition) is 1. The van der Waals surface area contributed by atoms with Gasteiger partial charge in [-0.2, -0.15) is 11.3 Å². The largest absolute Gasteiger partial charge is 0.472 e. The maximum absolute atomic E-state index is 11.9. The van der Waals surface area contributed by atoms with E-state index in [1.165, 1.54) is 0 Å². The molecule has 0 saturated carbocycles. The lowest BCUT2D eigenvalue weighted by atomic mass is 10.1. The number of aromatic nitrogens is 1. The zero-order chi connectivity index (χ0) is 14.5. The highest BCUT2D eigenvalue weighted by Crippen LogP contribution is 2.19. The van der Waals surface area contributed by atoms with E-state index in [1.807, 2.05) is 29.0 Å². The second-order valence-electron chi connectivity index (χ2n) is 4.68. The number of pyridine rings is 1. The highest BCUT2D eigenvalue weighted by atomic mass is 32.1. The molecule has 21 heavy (non-hydrogen) atoms. The molecule has 3 heterocycles. The summed E-state index contributed by atoms with van der Waals surface area (Å²) < 4.78 is 5.07. The van der Waals surface area contributed by atoms with E-state index in [2.05, 4.69) is 10.3 Å². The van der Waals surface area contributed by atoms with Gasteiger partial charge in [-0.05, 0) is 40.1 Å². The number of amides is 1. The average Bonchev–Trinajstić information content (AvgIpc) is 3.19. The Kier molecular flexibility index (Phi) is 4.12. The summed E-state index contributed by atoms with van der Waals surface area (Å²) in [6.45, 7) is 0.474. The third-order valence-corrected chi connectivity index (χ3v) is 3.82. The Hall–Kier alpha value is -2.40. The molecule has 1 N–H and O–H groups in total. The summed E-state index contributed by atoms with van der Waals surface area (Å²) in [7, 11) is 0. The number of rotatable bonds is 5. The molecule has 1 amide bonds. The van der Waals surface area contributed by atoms with Gasteiger partial charge in [-0.25, -0.2) is 0 Å². The van der Waals surface area contributed by atoms with Gasteiger partial charge in [-0.3, -0.25) is 9.78 Å². The van der Waals surface area contributed by atoms with Gasteiger partial charge in [-0.15, -0.1) is 0 Å². The number of carbonyl (C=O) groups is 1. The lowest BCUT2D eigenvalue weighted by molar-refractivity contribution is -0.120. The SMILES string of the molecule is O=C(Cc1ccsc1)NCc1cncc(-c2ccoc2)c1. The summed E-state index contributed by atoms with van der Waals surface area (Å²) in [5.74, 6) is 0.0158. The number of hydrogen-bond acceptors (Lipinski definition) is 4. The number of thiophene rings is 1. The average molecular weight is 298 g/mol. The highest BCUT2D eigenvalue weighted by Gasteiger charge is 2.05. The predicted molar refractivity (Wildman–Crippen MR) is 81.8 cm³/mol. The highest BCUT2D eigenvalue weighted by molar-refractivity contribution is 7.07. The van der Waals surface area contributed by atoms with Crippen molar-refractivity contribution in [2.45, 2.75) is 13.0 Å². The van der Waals surface area contributed by atoms with Crippen LogP contribution in [0.3, 0.4) is 0 Å². The molecule has 0 aliphatic carbocycles. The molecule has 3 aromatic heterocycles. The Bertz CT molecular complexity index is 706. The van der Waals surface area contributed by atoms with Gasteiger partial charge >= 0.3 is 0 Å². The van der Waals surface area contributed by atoms with Crippen molar-refractivity contribution in [2.24, 2.45) is 0 Å². The van der Waals surface area contributed by atoms with Crippen molar-refractivity contribution >= 4 is 17.2 Å². The van der Waals surface area contributed by atoms with Crippen LogP contribution in [0.25, 0.3) is 11.1 Å². The minimum atomic E-state index is 0.0158. The van der Waals surface area contributed by atoms with E-state index in [1.54, 1.807) is 36.3 Å². The van der Waals surface area contributed by atoms with E-state index in [9.17, 15) is 4.79 Å². The van der Waals surface area contributed by atoms with E-state index in [0.29, 0.717) is 13.0 Å². The van der Waals surface area contributed by atoms with Crippen molar-refractivity contribution in [3.05, 3.63) is 65.0 Å². The minimum absolute atomic E-state index is 0.0158. The lowest BCUT2D eigenvalue weighted by Crippen LogP contribution is -2.24. The van der Waals surface area contributed by atoms with Gasteiger partial charge in [0.05, 0.1) is 18.9 Å². The second-order valence-corrected chi connectivity index (χ2v) is 5.46. The van der Waals surface area contributed by atoms with Crippen LogP contribution in [-0.4, -0.2) is 10.9 Å². The lowest BCUT2D eigenvalue weighted by Gasteiger charge is -2.06. The number of carbonyl (C=O) groups excluding carboxylic acids is 1. The molecule has 0 unspecified atom stereocenters. The maximum atomic E-state index is 11.9. The van der Waals surface area contributed by atoms with Crippen LogP contribution in [0.2, 0.25) is 0 Å². The Labute approximate surface area is 126 Å². The normalized spacial score (nSPS) is 10.5. The van der Waals surface area contributed by atoms with Crippen molar-refractivity contribution in [3.63, 3.8) is 0 Å². The van der Waals surface area contributed by atoms with Crippen molar-refractivity contribution in [1.29, 1.82) is 0 Å². The topological polar surface area (TPSA) is 55.1 Å². The first kappa shape index (κ1) is 13.6. The summed E-state index contributed by atoms with van der Waals surface area (Å²) >= 11 is 1.60. The third kappa shape index (κ3) is 3.58. The van der Waals surface area contributed by atoms with Crippen molar-refractivity contribution < 1.29 is 9.21 Å². The van der Waals surface area contributed by atoms with Gasteiger partial charge in [0.25, 0.3) is 0 Å². The van der Waals surface area contributed by atoms with E-state index < -0.39 is 0 Å². The molecule has 0 spiro atoms. The molecular formula is C16H14N2O2S. The molecule has 4 nitrogen and oxygen atoms in total. The van der Waals surface area contributed by atoms with Crippen LogP contribution in [0.15, 0.2) is 58.3 Å². The fourth-order valence-corrected chi connectivity index (χ4v) is 2.68. The van der Waals surface area contributed by atoms with Crippen LogP contribution in [0, 0.1) is 0 Å². The fourth-order valence-electron chi connectivity index (χ4n) is 2.01. The molecule has 0 saturated heterocycles. The summed E-state index contributed by atoms with van der Waals surface area (Å²) in [6.07, 6.45) is 7.26. The third-order valence-electron chi connectivity index (χ3n) is 3.08. The molecule has 0 aromatic carbocycles. The van der Waals surface area contributed by atoms with Gasteiger partial charge in [0.1, 0.15) is 0 Å². The maximum Gasteiger partial charge on any atom is 0.224 e. The number of nitrogens with one attached hydrogen (secondary N) is 1. The molecule has 5 heteroatoms. The first-order valence-corrected chi connectivity index (χ1v) is 7.50. The smallest absolute Gasteiger partial charge is 0.224 e. The summed E-state index contributed by atoms with van der Waals surface area (Å²) in [4.78, 5) is 16.1. The van der Waals surface area contributed by atoms with Crippen LogP contribution in [0.4, 0.5) is 0 Å². The first-order valence-electron chi connectivity index (χ1n) is 6.55. The predicted octanol–water partition coefficient (Wildman–Crippen LogP) is 3.26. The van der Waals surface area contributed by atoms with Crippen LogP contribution in [0.5, 0.6) is 0 Å². The van der Waals surface area contributed by atoms with Crippen molar-refractivity contribution in [2.75, 3.05) is 0 Å². The standard InChI is InChI=1S/C16H14N2O2S/c19-16(6-12-2-4-21-11-12)18-8-13-5-15(9-17-7-13)14-1-3-20-10-14/h1-5,7,9-11H,6,8H2,(H,18,19). The molecular weight excluding hydrogens is 284 g/mol. The molecule has 0 atom stereocenters. The Balaban J connectivity index is 1.60. The first-order chi connectivity index (χ1) is 10.3. The molecule has 0 bridgehead atoms. The molecule has 3 rings (SSSR count). The zero-order valence-electron chi connectivity index (χ0n) is 11.3. The van der Waals surface area contributed by atoms with Gasteiger partial charge < -0.3 is 9.73 Å². The van der Waals surface area contributed by atoms with E-state index in [4.69, 9.17) is 4.42 Å². The summed E-state index contributed by atoms with van der Waals surface area (Å²) in [5.41, 5.74) is 3.97. The van der Waals surface area contributed by atoms with Gasteiger partial charge in [0.2, 0.25) is 5.91 Å². The van der Waals surface area contributed by atoms with E-state index in [0.717, 1.165) is 22.3 Å². The van der Waals surface area contributed by atoms with Crippen molar-refractivity contribution in [3.8, 4) is 11.1 Å². The summed E-state index contributed by atoms with van der Waals surface area (Å²) in [6, 6.07) is 5.85. The monoisotopic (exact) mass is 298 g/mol. The molecule has 0 aliphatic rings. The van der Waals surface area contributed by atoms with Crippen LogP contribution < -0.4 is 5.32 Å². The molecule has 106 valence electrons. The Morgan fingerprint density at radius 2 is 2.19 bits per heavy atom. The van der Waals surface area contributed by atoms with Gasteiger partial charge in [0.15, 0.2) is 0 Å². The van der Waals surface area contributed by atoms with Crippen LogP contribution >= 0.6 is 11.3 Å². The fraction of sp³-hybridized carbons (Fsp3) is 0.125. The van der Waals surface area contributed by atoms with Gasteiger partial charge in [0, 0.05) is 30.1 Å². The van der Waals surface area contributed by atoms with Crippen molar-refractivity contribution in [1.82, 2.24) is 10.3 Å². The van der Waals surface area contributed by atoms with E-state index in [-0.39, 0.29) is 5.91 Å². The molecule has 0 radical (unpaired) electrons. The van der Waals surface area contributed by atoms with Crippen LogP contribution in [0.1, 0.15) is 11.1 Å². The van der Waals surface area contributed by atoms with Crippen LogP contribution in [-0.2, 0) is 17.8 Å². The second kappa shape index (κ2) is 6.37. The number of furan rings is 1. The Morgan fingerprint density at radius 3 is 2.95 bits per heavy atom. The number of nitrogens with zero attached hydrogens (tertiary/aromatic N) is 1. The molecule has 0 fully saturated rings. The minimum Gasteiger partial charge on any atom is -0.472 e. The quantitative estimate of drug-likeness (QED) is 0.786. The summed E-state index contributed by atoms with van der Waals surface area (Å²) in [5, 5.41) is 6.87. The molecule has 0 aliphatic heterocycles. The Morgan fingerprint density at radius 1 is 1.24 bits per heavy atom. The van der Waals surface area contributed by atoms with E-state index >= 15 is 0 Å². The molecule has 3 aromatic rings. The van der Waals surface area contributed by atoms with Gasteiger partial charge in [-0.1, -0.05) is 0 Å². The zero-order valence-corrected chi connectivity index (χ0v) is 12.1.